The standard InChI is InChI=1S/C24H25N9O/c1-16-11-17(2)29-24(28-16)33-18-5-6-19(33)15-30(14-18)23(34)21-12-20(31-9-3-7-26-31)13-25-22(21)32-10-4-8-27-32/h3-4,7-13,18-19H,5-6,14-15H2,1-2H3. The van der Waals surface area contributed by atoms with Crippen LogP contribution in [0.25, 0.3) is 11.5 Å². The van der Waals surface area contributed by atoms with Crippen molar-refractivity contribution in [2.24, 2.45) is 0 Å². The summed E-state index contributed by atoms with van der Waals surface area (Å²) >= 11 is 0. The van der Waals surface area contributed by atoms with E-state index in [4.69, 9.17) is 9.97 Å². The molecule has 4 aromatic rings. The number of pyridine rings is 1. The third-order valence-corrected chi connectivity index (χ3v) is 6.54. The fourth-order valence-corrected chi connectivity index (χ4v) is 5.12. The van der Waals surface area contributed by atoms with Gasteiger partial charge in [-0.2, -0.15) is 10.2 Å². The molecule has 1 amide bonds. The lowest BCUT2D eigenvalue weighted by molar-refractivity contribution is 0.0716. The van der Waals surface area contributed by atoms with Gasteiger partial charge in [-0.25, -0.2) is 24.3 Å². The van der Waals surface area contributed by atoms with Crippen LogP contribution in [0.5, 0.6) is 0 Å². The van der Waals surface area contributed by atoms with Crippen LogP contribution in [-0.4, -0.2) is 70.5 Å². The normalized spacial score (nSPS) is 19.6. The average Bonchev–Trinajstić information content (AvgIpc) is 3.59. The maximum atomic E-state index is 13.9. The number of nitrogens with zero attached hydrogens (tertiary/aromatic N) is 9. The van der Waals surface area contributed by atoms with E-state index in [9.17, 15) is 4.79 Å². The second kappa shape index (κ2) is 8.05. The highest BCUT2D eigenvalue weighted by Gasteiger charge is 2.43. The Morgan fingerprint density at radius 3 is 2.18 bits per heavy atom. The summed E-state index contributed by atoms with van der Waals surface area (Å²) in [6, 6.07) is 7.88. The van der Waals surface area contributed by atoms with Gasteiger partial charge in [-0.05, 0) is 51.0 Å². The molecule has 2 atom stereocenters. The molecule has 34 heavy (non-hydrogen) atoms. The fourth-order valence-electron chi connectivity index (χ4n) is 5.12. The quantitative estimate of drug-likeness (QED) is 0.466. The van der Waals surface area contributed by atoms with E-state index in [2.05, 4.69) is 20.1 Å². The van der Waals surface area contributed by atoms with Crippen molar-refractivity contribution in [3.63, 3.8) is 0 Å². The molecule has 172 valence electrons. The number of hydrogen-bond acceptors (Lipinski definition) is 7. The molecule has 0 saturated carbocycles. The van der Waals surface area contributed by atoms with Crippen LogP contribution in [0.15, 0.2) is 55.2 Å². The van der Waals surface area contributed by atoms with Crippen molar-refractivity contribution in [3.8, 4) is 11.5 Å². The number of hydrogen-bond donors (Lipinski definition) is 0. The Kier molecular flexibility index (Phi) is 4.86. The van der Waals surface area contributed by atoms with E-state index in [1.54, 1.807) is 34.2 Å². The molecule has 2 unspecified atom stereocenters. The number of carbonyl (C=O) groups is 1. The van der Waals surface area contributed by atoms with Gasteiger partial charge < -0.3 is 9.80 Å². The summed E-state index contributed by atoms with van der Waals surface area (Å²) in [7, 11) is 0. The highest BCUT2D eigenvalue weighted by molar-refractivity contribution is 5.98. The first kappa shape index (κ1) is 20.5. The molecule has 0 aromatic carbocycles. The molecule has 2 saturated heterocycles. The maximum Gasteiger partial charge on any atom is 0.257 e. The number of rotatable bonds is 4. The van der Waals surface area contributed by atoms with Crippen LogP contribution in [0.4, 0.5) is 5.95 Å². The zero-order chi connectivity index (χ0) is 23.2. The first-order chi connectivity index (χ1) is 16.6. The number of amides is 1. The predicted molar refractivity (Wildman–Crippen MR) is 125 cm³/mol. The molecule has 2 aliphatic rings. The second-order valence-corrected chi connectivity index (χ2v) is 8.92. The number of fused-ring (bicyclic) bond motifs is 2. The van der Waals surface area contributed by atoms with Gasteiger partial charge in [0, 0.05) is 61.3 Å². The zero-order valence-corrected chi connectivity index (χ0v) is 19.1. The number of anilines is 1. The lowest BCUT2D eigenvalue weighted by Gasteiger charge is -2.41. The van der Waals surface area contributed by atoms with Crippen LogP contribution in [0.3, 0.4) is 0 Å². The van der Waals surface area contributed by atoms with E-state index in [-0.39, 0.29) is 18.0 Å². The molecular formula is C24H25N9O. The molecule has 2 bridgehead atoms. The monoisotopic (exact) mass is 455 g/mol. The van der Waals surface area contributed by atoms with E-state index in [1.165, 1.54) is 0 Å². The van der Waals surface area contributed by atoms with Crippen molar-refractivity contribution in [3.05, 3.63) is 72.2 Å². The Balaban J connectivity index is 1.33. The first-order valence-corrected chi connectivity index (χ1v) is 11.5. The number of carbonyl (C=O) groups excluding carboxylic acids is 1. The summed E-state index contributed by atoms with van der Waals surface area (Å²) in [4.78, 5) is 32.1. The van der Waals surface area contributed by atoms with Gasteiger partial charge in [-0.1, -0.05) is 0 Å². The molecule has 0 aliphatic carbocycles. The number of aryl methyl sites for hydroxylation is 2. The molecule has 0 spiro atoms. The van der Waals surface area contributed by atoms with Gasteiger partial charge >= 0.3 is 0 Å². The number of piperazine rings is 1. The van der Waals surface area contributed by atoms with Gasteiger partial charge in [-0.3, -0.25) is 4.79 Å². The Morgan fingerprint density at radius 1 is 0.912 bits per heavy atom. The number of likely N-dealkylation sites (tertiary alicyclic amines) is 1. The van der Waals surface area contributed by atoms with Gasteiger partial charge in [0.15, 0.2) is 5.82 Å². The Labute approximate surface area is 196 Å². The van der Waals surface area contributed by atoms with Gasteiger partial charge in [0.25, 0.3) is 5.91 Å². The topological polar surface area (TPSA) is 97.9 Å². The van der Waals surface area contributed by atoms with Crippen LogP contribution in [-0.2, 0) is 0 Å². The molecule has 10 heteroatoms. The minimum Gasteiger partial charge on any atom is -0.334 e. The molecule has 6 rings (SSSR count). The number of aromatic nitrogens is 7. The lowest BCUT2D eigenvalue weighted by atomic mass is 10.1. The van der Waals surface area contributed by atoms with E-state index in [0.29, 0.717) is 24.5 Å². The smallest absolute Gasteiger partial charge is 0.257 e. The fraction of sp³-hybridized carbons (Fsp3) is 0.333. The van der Waals surface area contributed by atoms with Crippen LogP contribution in [0, 0.1) is 13.8 Å². The molecule has 10 nitrogen and oxygen atoms in total. The highest BCUT2D eigenvalue weighted by atomic mass is 16.2. The van der Waals surface area contributed by atoms with Crippen molar-refractivity contribution in [2.75, 3.05) is 18.0 Å². The largest absolute Gasteiger partial charge is 0.334 e. The van der Waals surface area contributed by atoms with Crippen LogP contribution >= 0.6 is 0 Å². The average molecular weight is 456 g/mol. The van der Waals surface area contributed by atoms with Crippen molar-refractivity contribution in [2.45, 2.75) is 38.8 Å². The molecule has 4 aromatic heterocycles. The van der Waals surface area contributed by atoms with Crippen LogP contribution < -0.4 is 4.90 Å². The summed E-state index contributed by atoms with van der Waals surface area (Å²) < 4.78 is 3.34. The molecule has 2 fully saturated rings. The van der Waals surface area contributed by atoms with Crippen LogP contribution in [0.2, 0.25) is 0 Å². The molecular weight excluding hydrogens is 430 g/mol. The van der Waals surface area contributed by atoms with Gasteiger partial charge in [-0.15, -0.1) is 0 Å². The molecule has 6 heterocycles. The third-order valence-electron chi connectivity index (χ3n) is 6.54. The van der Waals surface area contributed by atoms with Crippen molar-refractivity contribution < 1.29 is 4.79 Å². The van der Waals surface area contributed by atoms with E-state index < -0.39 is 0 Å². The van der Waals surface area contributed by atoms with E-state index in [0.717, 1.165) is 35.9 Å². The van der Waals surface area contributed by atoms with E-state index in [1.807, 2.05) is 49.2 Å². The second-order valence-electron chi connectivity index (χ2n) is 8.92. The summed E-state index contributed by atoms with van der Waals surface area (Å²) in [5, 5.41) is 8.61. The zero-order valence-electron chi connectivity index (χ0n) is 19.1. The minimum atomic E-state index is -0.0510. The van der Waals surface area contributed by atoms with E-state index >= 15 is 0 Å². The van der Waals surface area contributed by atoms with Crippen molar-refractivity contribution in [1.82, 2.24) is 39.4 Å². The van der Waals surface area contributed by atoms with Gasteiger partial charge in [0.1, 0.15) is 0 Å². The first-order valence-electron chi connectivity index (χ1n) is 11.5. The summed E-state index contributed by atoms with van der Waals surface area (Å²) in [5.41, 5.74) is 3.17. The van der Waals surface area contributed by atoms with Crippen LogP contribution in [0.1, 0.15) is 34.6 Å². The lowest BCUT2D eigenvalue weighted by Crippen LogP contribution is -2.56. The predicted octanol–water partition coefficient (Wildman–Crippen LogP) is 2.35. The molecule has 0 N–H and O–H groups in total. The Hall–Kier alpha value is -4.08. The highest BCUT2D eigenvalue weighted by Crippen LogP contribution is 2.34. The van der Waals surface area contributed by atoms with Crippen molar-refractivity contribution in [1.29, 1.82) is 0 Å². The van der Waals surface area contributed by atoms with Crippen molar-refractivity contribution >= 4 is 11.9 Å². The van der Waals surface area contributed by atoms with Gasteiger partial charge in [0.05, 0.1) is 17.4 Å². The summed E-state index contributed by atoms with van der Waals surface area (Å²) in [6.45, 7) is 5.24. The summed E-state index contributed by atoms with van der Waals surface area (Å²) in [5.74, 6) is 1.24. The molecule has 0 radical (unpaired) electrons. The van der Waals surface area contributed by atoms with Gasteiger partial charge in [0.2, 0.25) is 5.95 Å². The summed E-state index contributed by atoms with van der Waals surface area (Å²) in [6.07, 6.45) is 10.8. The minimum absolute atomic E-state index is 0.0510. The SMILES string of the molecule is Cc1cc(C)nc(N2C3CCC2CN(C(=O)c2cc(-n4cccn4)cnc2-n2cccn2)C3)n1. The Morgan fingerprint density at radius 2 is 1.56 bits per heavy atom. The third kappa shape index (κ3) is 3.51. The molecule has 2 aliphatic heterocycles. The Bertz CT molecular complexity index is 1300. The maximum absolute atomic E-state index is 13.9.